The molecule has 0 spiro atoms. The van der Waals surface area contributed by atoms with E-state index in [4.69, 9.17) is 17.5 Å². The minimum absolute atomic E-state index is 0.174. The van der Waals surface area contributed by atoms with Gasteiger partial charge in [0.25, 0.3) is 5.69 Å². The maximum Gasteiger partial charge on any atom is 0.269 e. The van der Waals surface area contributed by atoms with E-state index in [0.717, 1.165) is 30.6 Å². The molecule has 0 saturated heterocycles. The van der Waals surface area contributed by atoms with Crippen LogP contribution >= 0.6 is 0 Å². The van der Waals surface area contributed by atoms with Gasteiger partial charge < -0.3 is 9.87 Å². The minimum atomic E-state index is -4.92. The number of hydrogen-bond donors (Lipinski definition) is 2. The second-order valence-electron chi connectivity index (χ2n) is 3.73. The number of nitro benzene ring substituents is 1. The summed E-state index contributed by atoms with van der Waals surface area (Å²) in [5.41, 5.74) is 2.23. The van der Waals surface area contributed by atoms with E-state index in [2.05, 4.69) is 11.7 Å². The second kappa shape index (κ2) is 6.36. The summed E-state index contributed by atoms with van der Waals surface area (Å²) >= 11 is 0. The lowest BCUT2D eigenvalue weighted by molar-refractivity contribution is -0.384. The monoisotopic (exact) mass is 288 g/mol. The van der Waals surface area contributed by atoms with E-state index in [1.54, 1.807) is 12.1 Å². The quantitative estimate of drug-likeness (QED) is 0.260. The van der Waals surface area contributed by atoms with Crippen LogP contribution in [0.15, 0.2) is 18.2 Å². The van der Waals surface area contributed by atoms with Crippen LogP contribution in [-0.2, 0) is 16.8 Å². The number of anilines is 1. The number of nitrogens with zero attached hydrogens (tertiary/aromatic N) is 1. The molecule has 2 rings (SSSR count). The Balaban J connectivity index is 0.000000312. The molecule has 0 amide bonds. The molecule has 0 aliphatic carbocycles. The number of hydrogen-bond acceptors (Lipinski definition) is 6. The predicted octanol–water partition coefficient (Wildman–Crippen LogP) is 1.16. The largest absolute Gasteiger partial charge is 0.726 e. The van der Waals surface area contributed by atoms with Crippen LogP contribution in [0.1, 0.15) is 12.0 Å². The summed E-state index contributed by atoms with van der Waals surface area (Å²) in [4.78, 5) is 10.2. The van der Waals surface area contributed by atoms with Crippen LogP contribution in [0.5, 0.6) is 0 Å². The van der Waals surface area contributed by atoms with Crippen molar-refractivity contribution < 1.29 is 22.4 Å². The van der Waals surface area contributed by atoms with Gasteiger partial charge in [-0.3, -0.25) is 14.7 Å². The normalized spacial score (nSPS) is 13.8. The molecule has 0 bridgehead atoms. The van der Waals surface area contributed by atoms with Crippen LogP contribution in [0.4, 0.5) is 11.4 Å². The first kappa shape index (κ1) is 15.2. The fraction of sp³-hybridized carbons (Fsp3) is 0.300. The lowest BCUT2D eigenvalue weighted by Gasteiger charge is -2.04. The Kier molecular flexibility index (Phi) is 5.10. The molecule has 0 atom stereocenters. The number of non-ortho nitro benzene ring substituents is 1. The minimum Gasteiger partial charge on any atom is -0.726 e. The summed E-state index contributed by atoms with van der Waals surface area (Å²) in [6.45, 7) is 0.838. The maximum absolute atomic E-state index is 10.5. The predicted molar refractivity (Wildman–Crippen MR) is 66.5 cm³/mol. The first-order valence-corrected chi connectivity index (χ1v) is 6.65. The zero-order chi connectivity index (χ0) is 14.5. The Morgan fingerprint density at radius 2 is 2.05 bits per heavy atom. The van der Waals surface area contributed by atoms with E-state index in [-0.39, 0.29) is 10.6 Å². The van der Waals surface area contributed by atoms with Crippen LogP contribution in [0.25, 0.3) is 0 Å². The Hall–Kier alpha value is -1.84. The molecule has 0 aromatic heterocycles. The Morgan fingerprint density at radius 3 is 2.63 bits per heavy atom. The highest BCUT2D eigenvalue weighted by molar-refractivity contribution is 7.79. The first-order valence-electron chi connectivity index (χ1n) is 5.28. The Morgan fingerprint density at radius 1 is 1.42 bits per heavy atom. The number of aryl methyl sites for hydroxylation is 1. The average Bonchev–Trinajstić information content (AvgIpc) is 2.50. The van der Waals surface area contributed by atoms with Crippen molar-refractivity contribution >= 4 is 21.8 Å². The molecule has 1 aliphatic heterocycles. The molecule has 1 heterocycles. The Labute approximate surface area is 110 Å². The van der Waals surface area contributed by atoms with Crippen molar-refractivity contribution in [2.75, 3.05) is 11.9 Å². The van der Waals surface area contributed by atoms with Crippen molar-refractivity contribution in [3.8, 4) is 0 Å². The van der Waals surface area contributed by atoms with E-state index >= 15 is 0 Å². The fourth-order valence-corrected chi connectivity index (χ4v) is 1.61. The average molecular weight is 288 g/mol. The van der Waals surface area contributed by atoms with E-state index < -0.39 is 10.4 Å². The van der Waals surface area contributed by atoms with Crippen LogP contribution in [0.2, 0.25) is 0 Å². The molecular formula is C10H12N2O6S. The lowest BCUT2D eigenvalue weighted by atomic mass is 10.1. The van der Waals surface area contributed by atoms with Gasteiger partial charge in [-0.25, -0.2) is 8.42 Å². The molecule has 8 nitrogen and oxygen atoms in total. The molecule has 1 aromatic carbocycles. The van der Waals surface area contributed by atoms with Crippen molar-refractivity contribution in [1.29, 1.82) is 0 Å². The SMILES string of the molecule is O=S(=O)([O-])O.O=[N+]([O-])c1ccc2c(c1)CC[CH+]CN2. The molecule has 104 valence electrons. The Bertz CT molecular complexity index is 549. The number of fused-ring (bicyclic) bond motifs is 1. The number of nitrogens with one attached hydrogen (secondary N) is 1. The van der Waals surface area contributed by atoms with Gasteiger partial charge in [0, 0.05) is 24.2 Å². The molecule has 0 saturated carbocycles. The lowest BCUT2D eigenvalue weighted by Crippen LogP contribution is -2.00. The van der Waals surface area contributed by atoms with E-state index in [1.165, 1.54) is 6.07 Å². The summed E-state index contributed by atoms with van der Waals surface area (Å²) in [6, 6.07) is 4.98. The molecule has 1 aromatic rings. The third-order valence-corrected chi connectivity index (χ3v) is 2.35. The van der Waals surface area contributed by atoms with Gasteiger partial charge in [-0.2, -0.15) is 0 Å². The van der Waals surface area contributed by atoms with Gasteiger partial charge in [-0.15, -0.1) is 0 Å². The summed E-state index contributed by atoms with van der Waals surface area (Å²) in [5.74, 6) is 0. The van der Waals surface area contributed by atoms with E-state index in [9.17, 15) is 10.1 Å². The first-order chi connectivity index (χ1) is 8.77. The number of benzene rings is 1. The molecule has 9 heteroatoms. The maximum atomic E-state index is 10.5. The third-order valence-electron chi connectivity index (χ3n) is 2.35. The molecule has 0 fully saturated rings. The van der Waals surface area contributed by atoms with Crippen molar-refractivity contribution in [1.82, 2.24) is 0 Å². The van der Waals surface area contributed by atoms with Gasteiger partial charge in [0.1, 0.15) is 0 Å². The number of rotatable bonds is 1. The standard InChI is InChI=1S/C10H11N2O2.H2O4S/c13-12(14)9-4-5-10-8(7-9)3-1-2-6-11-10;1-5(2,3)4/h2,4-5,7,11H,1,3,6H2;(H2,1,2,3,4)/q+1;/p-1. The smallest absolute Gasteiger partial charge is 0.269 e. The van der Waals surface area contributed by atoms with E-state index in [1.807, 2.05) is 0 Å². The zero-order valence-electron chi connectivity index (χ0n) is 9.77. The van der Waals surface area contributed by atoms with Crippen molar-refractivity contribution in [3.05, 3.63) is 40.3 Å². The number of nitro groups is 1. The van der Waals surface area contributed by atoms with Gasteiger partial charge in [-0.1, -0.05) is 0 Å². The van der Waals surface area contributed by atoms with Gasteiger partial charge >= 0.3 is 0 Å². The van der Waals surface area contributed by atoms with Crippen molar-refractivity contribution in [3.63, 3.8) is 0 Å². The second-order valence-corrected chi connectivity index (χ2v) is 4.59. The summed E-state index contributed by atoms with van der Waals surface area (Å²) < 4.78 is 32.8. The van der Waals surface area contributed by atoms with Crippen molar-refractivity contribution in [2.45, 2.75) is 12.8 Å². The molecular weight excluding hydrogens is 276 g/mol. The molecule has 1 aliphatic rings. The highest BCUT2D eigenvalue weighted by Crippen LogP contribution is 2.25. The highest BCUT2D eigenvalue weighted by Gasteiger charge is 2.15. The van der Waals surface area contributed by atoms with Gasteiger partial charge in [-0.05, 0) is 11.6 Å². The topological polar surface area (TPSA) is 133 Å². The summed E-state index contributed by atoms with van der Waals surface area (Å²) in [7, 11) is -4.92. The van der Waals surface area contributed by atoms with Gasteiger partial charge in [0.15, 0.2) is 6.54 Å². The summed E-state index contributed by atoms with van der Waals surface area (Å²) in [6.07, 6.45) is 4.00. The molecule has 19 heavy (non-hydrogen) atoms. The molecule has 0 radical (unpaired) electrons. The molecule has 0 unspecified atom stereocenters. The van der Waals surface area contributed by atoms with Gasteiger partial charge in [0.05, 0.1) is 17.8 Å². The van der Waals surface area contributed by atoms with Crippen molar-refractivity contribution in [2.24, 2.45) is 0 Å². The zero-order valence-corrected chi connectivity index (χ0v) is 10.6. The van der Waals surface area contributed by atoms with Gasteiger partial charge in [0.2, 0.25) is 10.4 Å². The fourth-order valence-electron chi connectivity index (χ4n) is 1.61. The third kappa shape index (κ3) is 6.04. The van der Waals surface area contributed by atoms with Crippen LogP contribution in [-0.4, -0.2) is 29.0 Å². The van der Waals surface area contributed by atoms with E-state index in [0.29, 0.717) is 0 Å². The summed E-state index contributed by atoms with van der Waals surface area (Å²) in [5, 5.41) is 13.8. The van der Waals surface area contributed by atoms with Crippen LogP contribution in [0.3, 0.4) is 0 Å². The molecule has 2 N–H and O–H groups in total. The highest BCUT2D eigenvalue weighted by atomic mass is 32.3. The van der Waals surface area contributed by atoms with Crippen LogP contribution in [0, 0.1) is 16.5 Å². The van der Waals surface area contributed by atoms with Crippen LogP contribution < -0.4 is 5.32 Å².